The smallest absolute Gasteiger partial charge is 0.409 e. The molecule has 2 aromatic heterocycles. The first-order valence-electron chi connectivity index (χ1n) is 11.6. The first-order valence-corrected chi connectivity index (χ1v) is 11.6. The van der Waals surface area contributed by atoms with Crippen LogP contribution in [0.5, 0.6) is 0 Å². The summed E-state index contributed by atoms with van der Waals surface area (Å²) in [5.41, 5.74) is 2.86. The van der Waals surface area contributed by atoms with Crippen LogP contribution in [0, 0.1) is 6.92 Å². The lowest BCUT2D eigenvalue weighted by molar-refractivity contribution is 0.105. The molecule has 1 aliphatic heterocycles. The number of rotatable bonds is 6. The Labute approximate surface area is 195 Å². The number of nitrogens with zero attached hydrogens (tertiary/aromatic N) is 7. The summed E-state index contributed by atoms with van der Waals surface area (Å²) in [6.07, 6.45) is -0.259. The fourth-order valence-corrected chi connectivity index (χ4v) is 4.32. The molecule has 33 heavy (non-hydrogen) atoms. The summed E-state index contributed by atoms with van der Waals surface area (Å²) < 4.78 is 7.31. The molecular weight excluding hydrogens is 418 g/mol. The highest BCUT2D eigenvalue weighted by molar-refractivity contribution is 5.85. The van der Waals surface area contributed by atoms with Gasteiger partial charge in [0.1, 0.15) is 5.82 Å². The van der Waals surface area contributed by atoms with Crippen molar-refractivity contribution in [2.24, 2.45) is 0 Å². The molecule has 1 aromatic carbocycles. The summed E-state index contributed by atoms with van der Waals surface area (Å²) >= 11 is 0. The van der Waals surface area contributed by atoms with Gasteiger partial charge in [0.15, 0.2) is 17.0 Å². The van der Waals surface area contributed by atoms with E-state index in [1.165, 1.54) is 5.56 Å². The monoisotopic (exact) mass is 451 g/mol. The van der Waals surface area contributed by atoms with Crippen molar-refractivity contribution < 1.29 is 9.53 Å². The molecule has 0 radical (unpaired) electrons. The summed E-state index contributed by atoms with van der Waals surface area (Å²) in [6, 6.07) is 10.6. The summed E-state index contributed by atoms with van der Waals surface area (Å²) in [6.45, 7) is 11.7. The average molecular weight is 452 g/mol. The largest absolute Gasteiger partial charge is 0.450 e. The molecule has 1 saturated heterocycles. The van der Waals surface area contributed by atoms with Gasteiger partial charge in [-0.2, -0.15) is 9.97 Å². The number of amides is 1. The van der Waals surface area contributed by atoms with Crippen molar-refractivity contribution in [2.45, 2.75) is 40.3 Å². The average Bonchev–Trinajstić information content (AvgIpc) is 3.15. The number of fused-ring (bicyclic) bond motifs is 1. The summed E-state index contributed by atoms with van der Waals surface area (Å²) in [4.78, 5) is 32.9. The van der Waals surface area contributed by atoms with E-state index in [1.807, 2.05) is 39.1 Å². The van der Waals surface area contributed by atoms with Gasteiger partial charge in [-0.3, -0.25) is 0 Å². The number of carbonyl (C=O) groups is 1. The van der Waals surface area contributed by atoms with Gasteiger partial charge in [0, 0.05) is 45.8 Å². The van der Waals surface area contributed by atoms with E-state index in [0.717, 1.165) is 29.4 Å². The molecule has 1 fully saturated rings. The SMILES string of the molecule is CCOC(=O)N1CCN(c2nc(N(C)Cc3ccccc3)c3nc(C)n(C(C)C)c3n2)CC1. The standard InChI is InChI=1S/C24H33N7O2/c1-6-33-24(32)30-14-12-29(13-15-30)23-26-21(28(5)16-19-10-8-7-9-11-19)20-22(27-23)31(17(2)3)18(4)25-20/h7-11,17H,6,12-16H2,1-5H3. The predicted octanol–water partition coefficient (Wildman–Crippen LogP) is 3.63. The van der Waals surface area contributed by atoms with E-state index >= 15 is 0 Å². The van der Waals surface area contributed by atoms with E-state index in [4.69, 9.17) is 19.7 Å². The van der Waals surface area contributed by atoms with E-state index in [1.54, 1.807) is 4.90 Å². The lowest BCUT2D eigenvalue weighted by Gasteiger charge is -2.34. The Balaban J connectivity index is 1.69. The second-order valence-corrected chi connectivity index (χ2v) is 8.66. The Hall–Kier alpha value is -3.36. The van der Waals surface area contributed by atoms with E-state index in [0.29, 0.717) is 38.7 Å². The fourth-order valence-electron chi connectivity index (χ4n) is 4.32. The number of hydrogen-bond donors (Lipinski definition) is 0. The van der Waals surface area contributed by atoms with Crippen LogP contribution in [0.15, 0.2) is 30.3 Å². The normalized spacial score (nSPS) is 14.2. The Morgan fingerprint density at radius 2 is 1.79 bits per heavy atom. The van der Waals surface area contributed by atoms with Crippen molar-refractivity contribution in [3.63, 3.8) is 0 Å². The number of aryl methyl sites for hydroxylation is 1. The number of imidazole rings is 1. The maximum Gasteiger partial charge on any atom is 0.409 e. The topological polar surface area (TPSA) is 79.6 Å². The molecule has 3 heterocycles. The molecule has 0 spiro atoms. The molecule has 176 valence electrons. The van der Waals surface area contributed by atoms with Crippen LogP contribution in [0.4, 0.5) is 16.6 Å². The zero-order valence-corrected chi connectivity index (χ0v) is 20.2. The maximum absolute atomic E-state index is 12.1. The second kappa shape index (κ2) is 9.64. The van der Waals surface area contributed by atoms with Crippen LogP contribution in [0.25, 0.3) is 11.2 Å². The number of carbonyl (C=O) groups excluding carboxylic acids is 1. The minimum atomic E-state index is -0.259. The van der Waals surface area contributed by atoms with Crippen molar-refractivity contribution in [1.82, 2.24) is 24.4 Å². The molecule has 9 heteroatoms. The van der Waals surface area contributed by atoms with Crippen LogP contribution in [-0.4, -0.2) is 70.3 Å². The Morgan fingerprint density at radius 1 is 1.09 bits per heavy atom. The highest BCUT2D eigenvalue weighted by Gasteiger charge is 2.26. The maximum atomic E-state index is 12.1. The first kappa shape index (κ1) is 22.8. The third kappa shape index (κ3) is 4.72. The third-order valence-corrected chi connectivity index (χ3v) is 5.91. The van der Waals surface area contributed by atoms with Crippen molar-refractivity contribution in [1.29, 1.82) is 0 Å². The van der Waals surface area contributed by atoms with E-state index in [2.05, 4.69) is 40.3 Å². The number of anilines is 2. The summed E-state index contributed by atoms with van der Waals surface area (Å²) in [7, 11) is 2.04. The molecule has 4 rings (SSSR count). The second-order valence-electron chi connectivity index (χ2n) is 8.66. The van der Waals surface area contributed by atoms with Crippen LogP contribution in [-0.2, 0) is 11.3 Å². The number of piperazine rings is 1. The van der Waals surface area contributed by atoms with Gasteiger partial charge in [0.25, 0.3) is 0 Å². The van der Waals surface area contributed by atoms with E-state index in [9.17, 15) is 4.79 Å². The van der Waals surface area contributed by atoms with Gasteiger partial charge in [0.05, 0.1) is 6.61 Å². The molecule has 0 bridgehead atoms. The zero-order chi connectivity index (χ0) is 23.5. The molecular formula is C24H33N7O2. The number of benzene rings is 1. The quantitative estimate of drug-likeness (QED) is 0.566. The van der Waals surface area contributed by atoms with Gasteiger partial charge in [-0.25, -0.2) is 9.78 Å². The lowest BCUT2D eigenvalue weighted by atomic mass is 10.2. The molecule has 0 atom stereocenters. The molecule has 9 nitrogen and oxygen atoms in total. The minimum absolute atomic E-state index is 0.227. The van der Waals surface area contributed by atoms with Gasteiger partial charge < -0.3 is 24.0 Å². The van der Waals surface area contributed by atoms with Crippen molar-refractivity contribution in [2.75, 3.05) is 49.6 Å². The summed E-state index contributed by atoms with van der Waals surface area (Å²) in [5, 5.41) is 0. The lowest BCUT2D eigenvalue weighted by Crippen LogP contribution is -2.49. The fraction of sp³-hybridized carbons (Fsp3) is 0.500. The van der Waals surface area contributed by atoms with Crippen LogP contribution in [0.2, 0.25) is 0 Å². The van der Waals surface area contributed by atoms with Crippen LogP contribution < -0.4 is 9.80 Å². The summed E-state index contributed by atoms with van der Waals surface area (Å²) in [5.74, 6) is 2.41. The van der Waals surface area contributed by atoms with Gasteiger partial charge in [-0.05, 0) is 33.3 Å². The van der Waals surface area contributed by atoms with Gasteiger partial charge in [-0.15, -0.1) is 0 Å². The van der Waals surface area contributed by atoms with E-state index < -0.39 is 0 Å². The Kier molecular flexibility index (Phi) is 6.67. The Morgan fingerprint density at radius 3 is 2.42 bits per heavy atom. The first-order chi connectivity index (χ1) is 15.9. The molecule has 1 aliphatic rings. The number of ether oxygens (including phenoxy) is 1. The van der Waals surface area contributed by atoms with Gasteiger partial charge in [-0.1, -0.05) is 30.3 Å². The van der Waals surface area contributed by atoms with Crippen molar-refractivity contribution in [3.8, 4) is 0 Å². The van der Waals surface area contributed by atoms with Crippen LogP contribution in [0.1, 0.15) is 38.2 Å². The number of hydrogen-bond acceptors (Lipinski definition) is 7. The third-order valence-electron chi connectivity index (χ3n) is 5.91. The molecule has 1 amide bonds. The van der Waals surface area contributed by atoms with Crippen LogP contribution in [0.3, 0.4) is 0 Å². The zero-order valence-electron chi connectivity index (χ0n) is 20.2. The Bertz CT molecular complexity index is 1100. The molecule has 0 saturated carbocycles. The van der Waals surface area contributed by atoms with E-state index in [-0.39, 0.29) is 12.1 Å². The minimum Gasteiger partial charge on any atom is -0.450 e. The molecule has 3 aromatic rings. The van der Waals surface area contributed by atoms with Crippen molar-refractivity contribution in [3.05, 3.63) is 41.7 Å². The predicted molar refractivity (Wildman–Crippen MR) is 130 cm³/mol. The highest BCUT2D eigenvalue weighted by Crippen LogP contribution is 2.29. The molecule has 0 N–H and O–H groups in total. The van der Waals surface area contributed by atoms with Gasteiger partial charge >= 0.3 is 6.09 Å². The van der Waals surface area contributed by atoms with Crippen LogP contribution >= 0.6 is 0 Å². The van der Waals surface area contributed by atoms with Crippen molar-refractivity contribution >= 4 is 29.0 Å². The molecule has 0 aliphatic carbocycles. The number of aromatic nitrogens is 4. The highest BCUT2D eigenvalue weighted by atomic mass is 16.6. The van der Waals surface area contributed by atoms with Gasteiger partial charge in [0.2, 0.25) is 5.95 Å². The molecule has 0 unspecified atom stereocenters.